The molecule has 1 aromatic rings. The zero-order chi connectivity index (χ0) is 14.3. The minimum atomic E-state index is -0.275. The van der Waals surface area contributed by atoms with Gasteiger partial charge in [-0.3, -0.25) is 0 Å². The number of benzene rings is 1. The fourth-order valence-corrected chi connectivity index (χ4v) is 1.89. The molecular weight excluding hydrogens is 236 g/mol. The maximum Gasteiger partial charge on any atom is 0.124 e. The predicted octanol–water partition coefficient (Wildman–Crippen LogP) is 3.81. The molecule has 3 heteroatoms. The summed E-state index contributed by atoms with van der Waals surface area (Å²) in [6.45, 7) is 6.59. The van der Waals surface area contributed by atoms with Crippen LogP contribution in [-0.2, 0) is 0 Å². The lowest BCUT2D eigenvalue weighted by molar-refractivity contribution is 0.280. The molecular formula is C16H24N2O. The zero-order valence-corrected chi connectivity index (χ0v) is 12.1. The highest BCUT2D eigenvalue weighted by Crippen LogP contribution is 2.26. The Hall–Kier alpha value is -1.53. The van der Waals surface area contributed by atoms with Gasteiger partial charge in [-0.15, -0.1) is 0 Å². The zero-order valence-electron chi connectivity index (χ0n) is 12.1. The summed E-state index contributed by atoms with van der Waals surface area (Å²) >= 11 is 0. The highest BCUT2D eigenvalue weighted by Gasteiger charge is 2.16. The highest BCUT2D eigenvalue weighted by atomic mass is 16.5. The van der Waals surface area contributed by atoms with Gasteiger partial charge in [-0.1, -0.05) is 25.1 Å². The van der Waals surface area contributed by atoms with Crippen LogP contribution in [0.3, 0.4) is 0 Å². The number of ether oxygens (including phenoxy) is 1. The van der Waals surface area contributed by atoms with E-state index in [9.17, 15) is 0 Å². The van der Waals surface area contributed by atoms with Crippen LogP contribution in [0.25, 0.3) is 0 Å². The summed E-state index contributed by atoms with van der Waals surface area (Å²) in [7, 11) is 0. The Labute approximate surface area is 116 Å². The van der Waals surface area contributed by atoms with Gasteiger partial charge in [-0.2, -0.15) is 5.26 Å². The van der Waals surface area contributed by atoms with Crippen LogP contribution in [0.5, 0.6) is 5.75 Å². The van der Waals surface area contributed by atoms with Crippen LogP contribution < -0.4 is 10.5 Å². The average molecular weight is 260 g/mol. The Bertz CT molecular complexity index is 435. The quantitative estimate of drug-likeness (QED) is 0.758. The molecule has 3 nitrogen and oxygen atoms in total. The van der Waals surface area contributed by atoms with E-state index in [1.54, 1.807) is 0 Å². The van der Waals surface area contributed by atoms with E-state index in [2.05, 4.69) is 13.0 Å². The topological polar surface area (TPSA) is 59.0 Å². The van der Waals surface area contributed by atoms with Crippen molar-refractivity contribution < 1.29 is 4.74 Å². The van der Waals surface area contributed by atoms with E-state index in [0.29, 0.717) is 6.61 Å². The van der Waals surface area contributed by atoms with Crippen LogP contribution in [0.2, 0.25) is 0 Å². The molecule has 1 aromatic carbocycles. The number of nitrogens with zero attached hydrogens (tertiary/aromatic N) is 1. The van der Waals surface area contributed by atoms with Crippen molar-refractivity contribution in [3.63, 3.8) is 0 Å². The number of hydrogen-bond donors (Lipinski definition) is 1. The van der Waals surface area contributed by atoms with Crippen molar-refractivity contribution in [1.82, 2.24) is 0 Å². The number of hydrogen-bond acceptors (Lipinski definition) is 3. The van der Waals surface area contributed by atoms with E-state index >= 15 is 0 Å². The van der Waals surface area contributed by atoms with E-state index < -0.39 is 0 Å². The smallest absolute Gasteiger partial charge is 0.124 e. The average Bonchev–Trinajstić information content (AvgIpc) is 2.43. The monoisotopic (exact) mass is 260 g/mol. The molecule has 0 radical (unpaired) electrons. The fraction of sp³-hybridized carbons (Fsp3) is 0.562. The molecule has 1 rings (SSSR count). The molecule has 2 N–H and O–H groups in total. The summed E-state index contributed by atoms with van der Waals surface area (Å²) in [5.41, 5.74) is 6.85. The highest BCUT2D eigenvalue weighted by molar-refractivity contribution is 5.35. The summed E-state index contributed by atoms with van der Waals surface area (Å²) in [5.74, 6) is 0.867. The molecule has 0 heterocycles. The first-order valence-corrected chi connectivity index (χ1v) is 6.88. The molecule has 0 fully saturated rings. The van der Waals surface area contributed by atoms with Crippen LogP contribution >= 0.6 is 0 Å². The first kappa shape index (κ1) is 15.5. The number of nitriles is 1. The van der Waals surface area contributed by atoms with Crippen LogP contribution in [0.15, 0.2) is 24.3 Å². The van der Waals surface area contributed by atoms with Gasteiger partial charge in [0.05, 0.1) is 18.1 Å². The van der Waals surface area contributed by atoms with Gasteiger partial charge < -0.3 is 10.5 Å². The minimum absolute atomic E-state index is 0.0201. The Balaban J connectivity index is 2.52. The van der Waals surface area contributed by atoms with Crippen molar-refractivity contribution in [2.45, 2.75) is 46.1 Å². The van der Waals surface area contributed by atoms with Gasteiger partial charge in [0.15, 0.2) is 0 Å². The SMILES string of the molecule is CCC(N)c1ccccc1OCCCC(C)(C)C#N. The van der Waals surface area contributed by atoms with Crippen molar-refractivity contribution >= 4 is 0 Å². The van der Waals surface area contributed by atoms with E-state index in [0.717, 1.165) is 30.6 Å². The van der Waals surface area contributed by atoms with Crippen molar-refractivity contribution in [3.8, 4) is 11.8 Å². The Morgan fingerprint density at radius 2 is 2.05 bits per heavy atom. The predicted molar refractivity (Wildman–Crippen MR) is 77.8 cm³/mol. The van der Waals surface area contributed by atoms with E-state index in [1.165, 1.54) is 0 Å². The number of nitrogens with two attached hydrogens (primary N) is 1. The van der Waals surface area contributed by atoms with Crippen molar-refractivity contribution in [2.24, 2.45) is 11.1 Å². The second-order valence-electron chi connectivity index (χ2n) is 5.50. The molecule has 0 aliphatic rings. The van der Waals surface area contributed by atoms with E-state index in [4.69, 9.17) is 15.7 Å². The molecule has 0 amide bonds. The molecule has 1 atom stereocenters. The lowest BCUT2D eigenvalue weighted by Crippen LogP contribution is -2.13. The third-order valence-corrected chi connectivity index (χ3v) is 3.26. The largest absolute Gasteiger partial charge is 0.493 e. The fourth-order valence-electron chi connectivity index (χ4n) is 1.89. The van der Waals surface area contributed by atoms with E-state index in [-0.39, 0.29) is 11.5 Å². The summed E-state index contributed by atoms with van der Waals surface area (Å²) in [5, 5.41) is 8.95. The first-order valence-electron chi connectivity index (χ1n) is 6.88. The molecule has 0 saturated heterocycles. The molecule has 104 valence electrons. The van der Waals surface area contributed by atoms with Gasteiger partial charge >= 0.3 is 0 Å². The standard InChI is InChI=1S/C16H24N2O/c1-4-14(18)13-8-5-6-9-15(13)19-11-7-10-16(2,3)12-17/h5-6,8-9,14H,4,7,10-11,18H2,1-3H3. The Kier molecular flexibility index (Phi) is 5.85. The molecule has 0 aliphatic carbocycles. The summed E-state index contributed by atoms with van der Waals surface area (Å²) in [6.07, 6.45) is 2.60. The number of rotatable bonds is 7. The molecule has 0 saturated carbocycles. The maximum atomic E-state index is 8.95. The summed E-state index contributed by atoms with van der Waals surface area (Å²) in [4.78, 5) is 0. The van der Waals surface area contributed by atoms with Gasteiger partial charge in [-0.25, -0.2) is 0 Å². The third kappa shape index (κ3) is 4.92. The van der Waals surface area contributed by atoms with Gasteiger partial charge in [0.2, 0.25) is 0 Å². The van der Waals surface area contributed by atoms with Crippen molar-refractivity contribution in [1.29, 1.82) is 5.26 Å². The van der Waals surface area contributed by atoms with Gasteiger partial charge in [0, 0.05) is 11.6 Å². The van der Waals surface area contributed by atoms with Crippen LogP contribution in [0, 0.1) is 16.7 Å². The normalized spacial score (nSPS) is 12.8. The van der Waals surface area contributed by atoms with Crippen LogP contribution in [0.1, 0.15) is 51.6 Å². The van der Waals surface area contributed by atoms with Crippen molar-refractivity contribution in [2.75, 3.05) is 6.61 Å². The van der Waals surface area contributed by atoms with Crippen molar-refractivity contribution in [3.05, 3.63) is 29.8 Å². The van der Waals surface area contributed by atoms with Crippen LogP contribution in [-0.4, -0.2) is 6.61 Å². The van der Waals surface area contributed by atoms with Crippen LogP contribution in [0.4, 0.5) is 0 Å². The molecule has 0 spiro atoms. The Morgan fingerprint density at radius 3 is 2.68 bits per heavy atom. The number of para-hydroxylation sites is 1. The maximum absolute atomic E-state index is 8.95. The first-order chi connectivity index (χ1) is 9.00. The molecule has 0 aromatic heterocycles. The lowest BCUT2D eigenvalue weighted by atomic mass is 9.90. The Morgan fingerprint density at radius 1 is 1.37 bits per heavy atom. The second-order valence-corrected chi connectivity index (χ2v) is 5.50. The second kappa shape index (κ2) is 7.16. The molecule has 19 heavy (non-hydrogen) atoms. The molecule has 0 bridgehead atoms. The van der Waals surface area contributed by atoms with Gasteiger partial charge in [0.25, 0.3) is 0 Å². The summed E-state index contributed by atoms with van der Waals surface area (Å²) in [6, 6.07) is 10.2. The van der Waals surface area contributed by atoms with E-state index in [1.807, 2.05) is 38.1 Å². The van der Waals surface area contributed by atoms with Gasteiger partial charge in [0.1, 0.15) is 5.75 Å². The third-order valence-electron chi connectivity index (χ3n) is 3.26. The summed E-state index contributed by atoms with van der Waals surface area (Å²) < 4.78 is 5.81. The van der Waals surface area contributed by atoms with Gasteiger partial charge in [-0.05, 0) is 39.2 Å². The minimum Gasteiger partial charge on any atom is -0.493 e. The lowest BCUT2D eigenvalue weighted by Gasteiger charge is -2.17. The molecule has 1 unspecified atom stereocenters. The molecule has 0 aliphatic heterocycles.